The summed E-state index contributed by atoms with van der Waals surface area (Å²) in [5.74, 6) is -1.98. The third kappa shape index (κ3) is 6.11. The van der Waals surface area contributed by atoms with E-state index in [-0.39, 0.29) is 30.2 Å². The van der Waals surface area contributed by atoms with Crippen molar-refractivity contribution in [1.82, 2.24) is 19.9 Å². The Labute approximate surface area is 221 Å². The van der Waals surface area contributed by atoms with Crippen LogP contribution < -0.4 is 10.6 Å². The van der Waals surface area contributed by atoms with Crippen molar-refractivity contribution in [2.24, 2.45) is 5.41 Å². The van der Waals surface area contributed by atoms with E-state index in [0.29, 0.717) is 28.2 Å². The molecule has 0 bridgehead atoms. The molecule has 3 aromatic rings. The SMILES string of the molecule is CC(C)(C)C[C@H](NC(=O)c1cc2ccccc2o1)C(=O)N([C@H]1CCCNCC1=O)S(=O)(=O)c1ccccn1. The van der Waals surface area contributed by atoms with Crippen molar-refractivity contribution in [3.8, 4) is 0 Å². The average Bonchev–Trinajstić information content (AvgIpc) is 3.20. The van der Waals surface area contributed by atoms with Crippen LogP contribution in [-0.4, -0.2) is 60.5 Å². The fourth-order valence-electron chi connectivity index (χ4n) is 4.49. The predicted octanol–water partition coefficient (Wildman–Crippen LogP) is 2.90. The number of carbonyl (C=O) groups excluding carboxylic acids is 3. The fourth-order valence-corrected chi connectivity index (χ4v) is 6.06. The number of hydrogen-bond donors (Lipinski definition) is 2. The largest absolute Gasteiger partial charge is 0.451 e. The van der Waals surface area contributed by atoms with Gasteiger partial charge in [0, 0.05) is 11.6 Å². The van der Waals surface area contributed by atoms with Crippen molar-refractivity contribution in [1.29, 1.82) is 0 Å². The van der Waals surface area contributed by atoms with E-state index >= 15 is 0 Å². The number of nitrogens with one attached hydrogen (secondary N) is 2. The summed E-state index contributed by atoms with van der Waals surface area (Å²) in [5.41, 5.74) is 0.0315. The number of carbonyl (C=O) groups is 3. The molecule has 1 aliphatic rings. The summed E-state index contributed by atoms with van der Waals surface area (Å²) in [5, 5.41) is 6.02. The third-order valence-corrected chi connectivity index (χ3v) is 7.95. The summed E-state index contributed by atoms with van der Waals surface area (Å²) in [6.07, 6.45) is 2.07. The van der Waals surface area contributed by atoms with Crippen LogP contribution >= 0.6 is 0 Å². The molecule has 1 aromatic carbocycles. The highest BCUT2D eigenvalue weighted by atomic mass is 32.2. The van der Waals surface area contributed by atoms with Gasteiger partial charge >= 0.3 is 0 Å². The highest BCUT2D eigenvalue weighted by Crippen LogP contribution is 2.27. The van der Waals surface area contributed by atoms with Crippen LogP contribution in [0.4, 0.5) is 0 Å². The summed E-state index contributed by atoms with van der Waals surface area (Å²) in [6.45, 7) is 6.07. The van der Waals surface area contributed by atoms with Gasteiger partial charge < -0.3 is 15.1 Å². The number of fused-ring (bicyclic) bond motifs is 1. The minimum atomic E-state index is -4.52. The zero-order valence-corrected chi connectivity index (χ0v) is 22.5. The summed E-state index contributed by atoms with van der Waals surface area (Å²) in [7, 11) is -4.52. The molecule has 0 aliphatic carbocycles. The number of ketones is 1. The zero-order valence-electron chi connectivity index (χ0n) is 21.6. The minimum absolute atomic E-state index is 0.00761. The van der Waals surface area contributed by atoms with Gasteiger partial charge in [0.05, 0.1) is 6.54 Å². The normalized spacial score (nSPS) is 17.6. The molecule has 38 heavy (non-hydrogen) atoms. The van der Waals surface area contributed by atoms with Gasteiger partial charge in [0.25, 0.3) is 21.8 Å². The highest BCUT2D eigenvalue weighted by molar-refractivity contribution is 7.89. The molecule has 1 aliphatic heterocycles. The molecule has 11 heteroatoms. The van der Waals surface area contributed by atoms with E-state index in [1.54, 1.807) is 30.3 Å². The van der Waals surface area contributed by atoms with Gasteiger partial charge in [0.1, 0.15) is 17.7 Å². The molecule has 0 unspecified atom stereocenters. The van der Waals surface area contributed by atoms with Gasteiger partial charge in [-0.2, -0.15) is 8.42 Å². The minimum Gasteiger partial charge on any atom is -0.451 e. The van der Waals surface area contributed by atoms with Crippen LogP contribution in [0.2, 0.25) is 0 Å². The molecule has 10 nitrogen and oxygen atoms in total. The zero-order chi connectivity index (χ0) is 27.5. The van der Waals surface area contributed by atoms with E-state index in [2.05, 4.69) is 15.6 Å². The first-order valence-electron chi connectivity index (χ1n) is 12.5. The number of amides is 2. The van der Waals surface area contributed by atoms with E-state index in [9.17, 15) is 22.8 Å². The summed E-state index contributed by atoms with van der Waals surface area (Å²) in [6, 6.07) is 10.5. The topological polar surface area (TPSA) is 139 Å². The molecular weight excluding hydrogens is 508 g/mol. The fraction of sp³-hybridized carbons (Fsp3) is 0.407. The monoisotopic (exact) mass is 540 g/mol. The Hall–Kier alpha value is -3.57. The number of sulfonamides is 1. The van der Waals surface area contributed by atoms with Crippen LogP contribution in [0.15, 0.2) is 64.2 Å². The number of benzene rings is 1. The second-order valence-electron chi connectivity index (χ2n) is 10.5. The first-order valence-corrected chi connectivity index (χ1v) is 13.9. The smallest absolute Gasteiger partial charge is 0.287 e. The van der Waals surface area contributed by atoms with Gasteiger partial charge in [-0.3, -0.25) is 14.4 Å². The van der Waals surface area contributed by atoms with Crippen LogP contribution in [0.25, 0.3) is 11.0 Å². The number of aromatic nitrogens is 1. The Morgan fingerprint density at radius 1 is 1.18 bits per heavy atom. The molecule has 202 valence electrons. The van der Waals surface area contributed by atoms with Gasteiger partial charge in [0.15, 0.2) is 16.6 Å². The van der Waals surface area contributed by atoms with E-state index < -0.39 is 45.1 Å². The number of furan rings is 1. The maximum Gasteiger partial charge on any atom is 0.287 e. The van der Waals surface area contributed by atoms with Gasteiger partial charge in [-0.05, 0) is 55.5 Å². The third-order valence-electron chi connectivity index (χ3n) is 6.23. The van der Waals surface area contributed by atoms with Crippen molar-refractivity contribution in [3.63, 3.8) is 0 Å². The highest BCUT2D eigenvalue weighted by Gasteiger charge is 2.44. The van der Waals surface area contributed by atoms with Gasteiger partial charge in [0.2, 0.25) is 0 Å². The summed E-state index contributed by atoms with van der Waals surface area (Å²) >= 11 is 0. The van der Waals surface area contributed by atoms with Crippen molar-refractivity contribution in [2.45, 2.75) is 57.1 Å². The standard InChI is InChI=1S/C27H32N4O6S/c1-27(2,3)16-19(30-25(33)23-15-18-9-4-5-11-22(18)37-23)26(34)31(20-10-8-13-28-17-21(20)32)38(35,36)24-12-6-7-14-29-24/h4-7,9,11-12,14-15,19-20,28H,8,10,13,16-17H2,1-3H3,(H,30,33)/t19-,20-/m0/s1. The molecule has 2 N–H and O–H groups in total. The van der Waals surface area contributed by atoms with Crippen LogP contribution in [-0.2, 0) is 19.6 Å². The van der Waals surface area contributed by atoms with Crippen molar-refractivity contribution < 1.29 is 27.2 Å². The first-order chi connectivity index (χ1) is 18.0. The molecule has 2 amide bonds. The number of Topliss-reactive ketones (excluding diaryl/α,β-unsaturated/α-hetero) is 1. The van der Waals surface area contributed by atoms with Gasteiger partial charge in [-0.1, -0.05) is 45.0 Å². The molecule has 2 aromatic heterocycles. The number of pyridine rings is 1. The predicted molar refractivity (Wildman–Crippen MR) is 141 cm³/mol. The summed E-state index contributed by atoms with van der Waals surface area (Å²) < 4.78 is 33.9. The van der Waals surface area contributed by atoms with Gasteiger partial charge in [-0.15, -0.1) is 0 Å². The average molecular weight is 541 g/mol. The molecule has 0 spiro atoms. The lowest BCUT2D eigenvalue weighted by atomic mass is 9.87. The van der Waals surface area contributed by atoms with Crippen LogP contribution in [0, 0.1) is 5.41 Å². The Morgan fingerprint density at radius 3 is 2.61 bits per heavy atom. The van der Waals surface area contributed by atoms with Crippen molar-refractivity contribution >= 4 is 38.6 Å². The van der Waals surface area contributed by atoms with Crippen molar-refractivity contribution in [2.75, 3.05) is 13.1 Å². The number of nitrogens with zero attached hydrogens (tertiary/aromatic N) is 2. The molecule has 1 saturated heterocycles. The molecule has 0 saturated carbocycles. The molecule has 4 rings (SSSR count). The van der Waals surface area contributed by atoms with E-state index in [1.807, 2.05) is 26.8 Å². The Bertz CT molecular complexity index is 1400. The Morgan fingerprint density at radius 2 is 1.92 bits per heavy atom. The van der Waals surface area contributed by atoms with Gasteiger partial charge in [-0.25, -0.2) is 9.29 Å². The summed E-state index contributed by atoms with van der Waals surface area (Å²) in [4.78, 5) is 44.4. The molecule has 1 fully saturated rings. The number of para-hydroxylation sites is 1. The molecule has 2 atom stereocenters. The Balaban J connectivity index is 1.74. The van der Waals surface area contributed by atoms with Crippen LogP contribution in [0.5, 0.6) is 0 Å². The van der Waals surface area contributed by atoms with Crippen LogP contribution in [0.3, 0.4) is 0 Å². The van der Waals surface area contributed by atoms with E-state index in [4.69, 9.17) is 4.42 Å². The lowest BCUT2D eigenvalue weighted by Gasteiger charge is -2.34. The second-order valence-corrected chi connectivity index (χ2v) is 12.3. The lowest BCUT2D eigenvalue weighted by Crippen LogP contribution is -2.57. The molecule has 3 heterocycles. The van der Waals surface area contributed by atoms with E-state index in [0.717, 1.165) is 0 Å². The lowest BCUT2D eigenvalue weighted by molar-refractivity contribution is -0.135. The second kappa shape index (κ2) is 11.0. The molecule has 0 radical (unpaired) electrons. The first kappa shape index (κ1) is 27.5. The Kier molecular flexibility index (Phi) is 7.98. The quantitative estimate of drug-likeness (QED) is 0.467. The maximum atomic E-state index is 14.1. The number of rotatable bonds is 7. The van der Waals surface area contributed by atoms with E-state index in [1.165, 1.54) is 18.3 Å². The number of hydrogen-bond acceptors (Lipinski definition) is 8. The van der Waals surface area contributed by atoms with Crippen LogP contribution in [0.1, 0.15) is 50.6 Å². The molecular formula is C27H32N4O6S. The van der Waals surface area contributed by atoms with Crippen molar-refractivity contribution in [3.05, 3.63) is 60.5 Å². The maximum absolute atomic E-state index is 14.1.